The number of amides is 1. The fourth-order valence-corrected chi connectivity index (χ4v) is 2.77. The maximum atomic E-state index is 12.0. The number of nitrogens with zero attached hydrogens (tertiary/aromatic N) is 2. The summed E-state index contributed by atoms with van der Waals surface area (Å²) in [5.41, 5.74) is 1.25. The van der Waals surface area contributed by atoms with E-state index in [9.17, 15) is 4.79 Å². The summed E-state index contributed by atoms with van der Waals surface area (Å²) in [5.74, 6) is 0.743. The highest BCUT2D eigenvalue weighted by Crippen LogP contribution is 2.20. The van der Waals surface area contributed by atoms with E-state index in [0.717, 1.165) is 19.0 Å². The summed E-state index contributed by atoms with van der Waals surface area (Å²) in [6.45, 7) is 4.68. The fraction of sp³-hybridized carbons (Fsp3) is 0.500. The number of hydrogen-bond acceptors (Lipinski definition) is 3. The van der Waals surface area contributed by atoms with Crippen LogP contribution < -0.4 is 5.32 Å². The molecule has 1 atom stereocenters. The van der Waals surface area contributed by atoms with E-state index in [1.54, 1.807) is 18.2 Å². The lowest BCUT2D eigenvalue weighted by Crippen LogP contribution is -2.31. The summed E-state index contributed by atoms with van der Waals surface area (Å²) in [6, 6.07) is 9.08. The third-order valence-corrected chi connectivity index (χ3v) is 3.71. The first-order chi connectivity index (χ1) is 9.71. The standard InChI is InChI=1S/C16H21N3O/c1-2-4-13-7-8-19(11-13)12-16(20)18-15-6-3-5-14(9-15)10-17/h3,5-6,9,13H,2,4,7-8,11-12H2,1H3,(H,18,20). The summed E-state index contributed by atoms with van der Waals surface area (Å²) in [5, 5.41) is 11.7. The van der Waals surface area contributed by atoms with Crippen molar-refractivity contribution < 1.29 is 4.79 Å². The molecular formula is C16H21N3O. The van der Waals surface area contributed by atoms with Crippen molar-refractivity contribution in [2.75, 3.05) is 25.0 Å². The predicted molar refractivity (Wildman–Crippen MR) is 79.2 cm³/mol. The number of rotatable bonds is 5. The van der Waals surface area contributed by atoms with E-state index in [4.69, 9.17) is 5.26 Å². The molecule has 0 aliphatic carbocycles. The molecule has 1 aromatic rings. The molecule has 0 saturated carbocycles. The number of nitriles is 1. The van der Waals surface area contributed by atoms with Crippen molar-refractivity contribution in [3.8, 4) is 6.07 Å². The van der Waals surface area contributed by atoms with Gasteiger partial charge in [0.05, 0.1) is 18.2 Å². The lowest BCUT2D eigenvalue weighted by Gasteiger charge is -2.15. The molecule has 106 valence electrons. The second-order valence-electron chi connectivity index (χ2n) is 5.42. The summed E-state index contributed by atoms with van der Waals surface area (Å²) in [6.07, 6.45) is 3.67. The number of hydrogen-bond donors (Lipinski definition) is 1. The van der Waals surface area contributed by atoms with Gasteiger partial charge >= 0.3 is 0 Å². The number of carbonyl (C=O) groups excluding carboxylic acids is 1. The molecule has 1 heterocycles. The zero-order valence-electron chi connectivity index (χ0n) is 11.9. The Morgan fingerprint density at radius 2 is 2.40 bits per heavy atom. The maximum Gasteiger partial charge on any atom is 0.238 e. The van der Waals surface area contributed by atoms with Gasteiger partial charge in [0.25, 0.3) is 0 Å². The van der Waals surface area contributed by atoms with E-state index in [0.29, 0.717) is 17.8 Å². The van der Waals surface area contributed by atoms with Crippen molar-refractivity contribution in [1.29, 1.82) is 5.26 Å². The molecule has 1 fully saturated rings. The van der Waals surface area contributed by atoms with E-state index < -0.39 is 0 Å². The number of anilines is 1. The van der Waals surface area contributed by atoms with E-state index >= 15 is 0 Å². The van der Waals surface area contributed by atoms with E-state index in [1.807, 2.05) is 6.07 Å². The lowest BCUT2D eigenvalue weighted by atomic mass is 10.0. The van der Waals surface area contributed by atoms with Gasteiger partial charge in [-0.3, -0.25) is 9.69 Å². The molecule has 0 bridgehead atoms. The molecule has 1 aliphatic rings. The maximum absolute atomic E-state index is 12.0. The van der Waals surface area contributed by atoms with Crippen LogP contribution in [0.5, 0.6) is 0 Å². The molecule has 1 amide bonds. The molecule has 4 heteroatoms. The first-order valence-electron chi connectivity index (χ1n) is 7.23. The molecule has 0 spiro atoms. The summed E-state index contributed by atoms with van der Waals surface area (Å²) in [7, 11) is 0. The van der Waals surface area contributed by atoms with E-state index in [1.165, 1.54) is 19.3 Å². The Kier molecular flexibility index (Phi) is 5.14. The minimum absolute atomic E-state index is 0.00256. The van der Waals surface area contributed by atoms with Crippen molar-refractivity contribution in [3.63, 3.8) is 0 Å². The van der Waals surface area contributed by atoms with E-state index in [-0.39, 0.29) is 5.91 Å². The van der Waals surface area contributed by atoms with Gasteiger partial charge in [0.1, 0.15) is 0 Å². The van der Waals surface area contributed by atoms with Crippen LogP contribution in [0.25, 0.3) is 0 Å². The van der Waals surface area contributed by atoms with Crippen LogP contribution in [0.1, 0.15) is 31.7 Å². The third-order valence-electron chi connectivity index (χ3n) is 3.71. The van der Waals surface area contributed by atoms with Crippen molar-refractivity contribution in [2.45, 2.75) is 26.2 Å². The van der Waals surface area contributed by atoms with Crippen LogP contribution in [0.2, 0.25) is 0 Å². The van der Waals surface area contributed by atoms with Crippen LogP contribution in [0.4, 0.5) is 5.69 Å². The molecule has 4 nitrogen and oxygen atoms in total. The predicted octanol–water partition coefficient (Wildman–Crippen LogP) is 2.62. The first-order valence-corrected chi connectivity index (χ1v) is 7.23. The number of nitrogens with one attached hydrogen (secondary N) is 1. The highest BCUT2D eigenvalue weighted by atomic mass is 16.2. The van der Waals surface area contributed by atoms with Crippen LogP contribution in [0.3, 0.4) is 0 Å². The van der Waals surface area contributed by atoms with Crippen LogP contribution >= 0.6 is 0 Å². The Hall–Kier alpha value is -1.86. The summed E-state index contributed by atoms with van der Waals surface area (Å²) in [4.78, 5) is 14.2. The fourth-order valence-electron chi connectivity index (χ4n) is 2.77. The quantitative estimate of drug-likeness (QED) is 0.895. The van der Waals surface area contributed by atoms with Crippen molar-refractivity contribution >= 4 is 11.6 Å². The summed E-state index contributed by atoms with van der Waals surface area (Å²) < 4.78 is 0. The monoisotopic (exact) mass is 271 g/mol. The molecule has 1 saturated heterocycles. The Bertz CT molecular complexity index is 507. The molecule has 1 unspecified atom stereocenters. The zero-order valence-corrected chi connectivity index (χ0v) is 11.9. The second-order valence-corrected chi connectivity index (χ2v) is 5.42. The average molecular weight is 271 g/mol. The van der Waals surface area contributed by atoms with Crippen LogP contribution in [-0.2, 0) is 4.79 Å². The van der Waals surface area contributed by atoms with Gasteiger partial charge < -0.3 is 5.32 Å². The third kappa shape index (κ3) is 4.07. The topological polar surface area (TPSA) is 56.1 Å². The van der Waals surface area contributed by atoms with Gasteiger partial charge in [-0.15, -0.1) is 0 Å². The Morgan fingerprint density at radius 3 is 3.15 bits per heavy atom. The molecule has 0 radical (unpaired) electrons. The van der Waals surface area contributed by atoms with Crippen LogP contribution in [0.15, 0.2) is 24.3 Å². The lowest BCUT2D eigenvalue weighted by molar-refractivity contribution is -0.117. The Balaban J connectivity index is 1.82. The number of carbonyl (C=O) groups is 1. The molecule has 20 heavy (non-hydrogen) atoms. The second kappa shape index (κ2) is 7.06. The highest BCUT2D eigenvalue weighted by Gasteiger charge is 2.23. The molecule has 2 rings (SSSR count). The van der Waals surface area contributed by atoms with E-state index in [2.05, 4.69) is 23.2 Å². The smallest absolute Gasteiger partial charge is 0.238 e. The molecule has 1 aromatic carbocycles. The minimum Gasteiger partial charge on any atom is -0.325 e. The zero-order chi connectivity index (χ0) is 14.4. The SMILES string of the molecule is CCCC1CCN(CC(=O)Nc2cccc(C#N)c2)C1. The highest BCUT2D eigenvalue weighted by molar-refractivity contribution is 5.92. The van der Waals surface area contributed by atoms with Crippen molar-refractivity contribution in [1.82, 2.24) is 4.90 Å². The van der Waals surface area contributed by atoms with Gasteiger partial charge in [-0.25, -0.2) is 0 Å². The Labute approximate surface area is 120 Å². The summed E-state index contributed by atoms with van der Waals surface area (Å²) >= 11 is 0. The van der Waals surface area contributed by atoms with Gasteiger partial charge in [0.15, 0.2) is 0 Å². The van der Waals surface area contributed by atoms with Crippen molar-refractivity contribution in [3.05, 3.63) is 29.8 Å². The molecular weight excluding hydrogens is 250 g/mol. The normalized spacial score (nSPS) is 18.7. The van der Waals surface area contributed by atoms with Gasteiger partial charge in [0, 0.05) is 12.2 Å². The molecule has 0 aromatic heterocycles. The van der Waals surface area contributed by atoms with Gasteiger partial charge in [-0.05, 0) is 43.5 Å². The molecule has 1 N–H and O–H groups in total. The first kappa shape index (κ1) is 14.5. The van der Waals surface area contributed by atoms with Crippen LogP contribution in [0, 0.1) is 17.2 Å². The van der Waals surface area contributed by atoms with Gasteiger partial charge in [0.2, 0.25) is 5.91 Å². The molecule has 1 aliphatic heterocycles. The van der Waals surface area contributed by atoms with Gasteiger partial charge in [-0.1, -0.05) is 19.4 Å². The minimum atomic E-state index is -0.00256. The van der Waals surface area contributed by atoms with Crippen molar-refractivity contribution in [2.24, 2.45) is 5.92 Å². The van der Waals surface area contributed by atoms with Crippen LogP contribution in [-0.4, -0.2) is 30.4 Å². The largest absolute Gasteiger partial charge is 0.325 e. The Morgan fingerprint density at radius 1 is 1.55 bits per heavy atom. The van der Waals surface area contributed by atoms with Gasteiger partial charge in [-0.2, -0.15) is 5.26 Å². The number of benzene rings is 1. The average Bonchev–Trinajstić information content (AvgIpc) is 2.86. The number of likely N-dealkylation sites (tertiary alicyclic amines) is 1.